The molecule has 0 saturated carbocycles. The van der Waals surface area contributed by atoms with Crippen LogP contribution in [0.4, 0.5) is 0 Å². The molecule has 1 saturated heterocycles. The minimum Gasteiger partial charge on any atom is -0.390 e. The maximum absolute atomic E-state index is 12.0. The van der Waals surface area contributed by atoms with Gasteiger partial charge in [0.1, 0.15) is 12.3 Å². The minimum absolute atomic E-state index is 0.177. The molecule has 2 unspecified atom stereocenters. The Morgan fingerprint density at radius 3 is 2.30 bits per heavy atom. The molecule has 2 heterocycles. The number of aliphatic hydroxyl groups excluding tert-OH is 1. The van der Waals surface area contributed by atoms with Gasteiger partial charge in [0, 0.05) is 17.7 Å². The largest absolute Gasteiger partial charge is 0.490 e. The van der Waals surface area contributed by atoms with Gasteiger partial charge in [0.05, 0.1) is 12.7 Å². The zero-order valence-electron chi connectivity index (χ0n) is 15.3. The fourth-order valence-corrected chi connectivity index (χ4v) is 5.62. The van der Waals surface area contributed by atoms with Crippen LogP contribution in [-0.2, 0) is 31.6 Å². The van der Waals surface area contributed by atoms with E-state index in [2.05, 4.69) is 18.1 Å². The maximum atomic E-state index is 12.0. The molecule has 172 valence electrons. The zero-order chi connectivity index (χ0) is 23.1. The van der Waals surface area contributed by atoms with Crippen molar-refractivity contribution in [3.05, 3.63) is 32.6 Å². The van der Waals surface area contributed by atoms with Gasteiger partial charge < -0.3 is 29.4 Å². The molecule has 19 heteroatoms. The molecule has 0 amide bonds. The van der Waals surface area contributed by atoms with Crippen LogP contribution in [0.5, 0.6) is 0 Å². The lowest BCUT2D eigenvalue weighted by Gasteiger charge is -2.19. The first kappa shape index (κ1) is 25.3. The smallest absolute Gasteiger partial charge is 0.390 e. The molecule has 0 aromatic carbocycles. The number of rotatable bonds is 8. The van der Waals surface area contributed by atoms with Gasteiger partial charge in [-0.1, -0.05) is 6.92 Å². The lowest BCUT2D eigenvalue weighted by Crippen LogP contribution is -2.35. The van der Waals surface area contributed by atoms with Gasteiger partial charge in [-0.2, -0.15) is 8.62 Å². The van der Waals surface area contributed by atoms with Gasteiger partial charge in [0.25, 0.3) is 5.56 Å². The Bertz CT molecular complexity index is 1040. The molecule has 1 aliphatic heterocycles. The predicted octanol–water partition coefficient (Wildman–Crippen LogP) is -0.917. The fourth-order valence-electron chi connectivity index (χ4n) is 2.59. The molecule has 16 nitrogen and oxygen atoms in total. The van der Waals surface area contributed by atoms with E-state index in [1.165, 1.54) is 20.0 Å². The lowest BCUT2D eigenvalue weighted by atomic mass is 10.0. The molecule has 6 atom stereocenters. The van der Waals surface area contributed by atoms with Gasteiger partial charge in [-0.3, -0.25) is 18.9 Å². The molecular weight excluding hydrogens is 477 g/mol. The molecule has 1 aromatic rings. The Balaban J connectivity index is 2.09. The van der Waals surface area contributed by atoms with Crippen molar-refractivity contribution < 1.29 is 56.3 Å². The van der Waals surface area contributed by atoms with E-state index in [0.717, 1.165) is 4.57 Å². The van der Waals surface area contributed by atoms with E-state index in [1.807, 2.05) is 0 Å². The lowest BCUT2D eigenvalue weighted by molar-refractivity contribution is -0.0468. The van der Waals surface area contributed by atoms with Crippen molar-refractivity contribution in [1.82, 2.24) is 9.55 Å². The molecule has 1 fully saturated rings. The van der Waals surface area contributed by atoms with Crippen molar-refractivity contribution in [3.63, 3.8) is 0 Å². The monoisotopic (exact) mass is 496 g/mol. The summed E-state index contributed by atoms with van der Waals surface area (Å²) in [7, 11) is -16.6. The molecule has 6 N–H and O–H groups in total. The molecule has 1 aliphatic rings. The van der Waals surface area contributed by atoms with Gasteiger partial charge in [0.15, 0.2) is 0 Å². The van der Waals surface area contributed by atoms with Crippen molar-refractivity contribution in [2.45, 2.75) is 32.3 Å². The molecule has 0 radical (unpaired) electrons. The summed E-state index contributed by atoms with van der Waals surface area (Å²) in [5.41, 5.74) is -1.27. The summed E-state index contributed by atoms with van der Waals surface area (Å²) in [6, 6.07) is 0. The topological polar surface area (TPSA) is 244 Å². The van der Waals surface area contributed by atoms with Gasteiger partial charge >= 0.3 is 29.2 Å². The van der Waals surface area contributed by atoms with Crippen molar-refractivity contribution in [1.29, 1.82) is 0 Å². The van der Waals surface area contributed by atoms with Crippen molar-refractivity contribution in [3.8, 4) is 0 Å². The third-order valence-electron chi connectivity index (χ3n) is 3.92. The van der Waals surface area contributed by atoms with Crippen molar-refractivity contribution in [2.24, 2.45) is 5.92 Å². The van der Waals surface area contributed by atoms with Crippen LogP contribution in [0.2, 0.25) is 0 Å². The number of aromatic nitrogens is 2. The number of aliphatic hydroxyl groups is 1. The second-order valence-electron chi connectivity index (χ2n) is 6.28. The highest BCUT2D eigenvalue weighted by molar-refractivity contribution is 7.66. The summed E-state index contributed by atoms with van der Waals surface area (Å²) in [4.78, 5) is 61.0. The molecule has 0 spiro atoms. The molecule has 0 aliphatic carbocycles. The van der Waals surface area contributed by atoms with Gasteiger partial charge in [0.2, 0.25) is 0 Å². The summed E-state index contributed by atoms with van der Waals surface area (Å²) in [6.45, 7) is 2.02. The number of nitrogens with zero attached hydrogens (tertiary/aromatic N) is 1. The molecule has 2 rings (SSSR count). The first-order chi connectivity index (χ1) is 13.5. The molecule has 30 heavy (non-hydrogen) atoms. The van der Waals surface area contributed by atoms with E-state index in [4.69, 9.17) is 19.4 Å². The second-order valence-corrected chi connectivity index (χ2v) is 10.7. The predicted molar refractivity (Wildman–Crippen MR) is 95.0 cm³/mol. The van der Waals surface area contributed by atoms with Crippen LogP contribution in [0.25, 0.3) is 0 Å². The SMILES string of the molecule is Cc1cn([C@@H]2O[C@H](COP(=O)(O)OP(=O)(O)OP(=O)(O)O)[C@@H](O)[C@@H]2C)c(=O)[nH]c1=O. The highest BCUT2D eigenvalue weighted by atomic mass is 31.3. The zero-order valence-corrected chi connectivity index (χ0v) is 18.0. The number of nitrogens with one attached hydrogen (secondary N) is 1. The normalized spacial score (nSPS) is 28.8. The number of aryl methyl sites for hydroxylation is 1. The summed E-state index contributed by atoms with van der Waals surface area (Å²) >= 11 is 0. The van der Waals surface area contributed by atoms with Crippen molar-refractivity contribution in [2.75, 3.05) is 6.61 Å². The number of phosphoric ester groups is 1. The summed E-state index contributed by atoms with van der Waals surface area (Å²) in [5, 5.41) is 10.2. The Kier molecular flexibility index (Phi) is 7.47. The highest BCUT2D eigenvalue weighted by Gasteiger charge is 2.45. The third kappa shape index (κ3) is 6.50. The van der Waals surface area contributed by atoms with Crippen LogP contribution in [0.3, 0.4) is 0 Å². The first-order valence-electron chi connectivity index (χ1n) is 7.95. The third-order valence-corrected chi connectivity index (χ3v) is 7.72. The summed E-state index contributed by atoms with van der Waals surface area (Å²) in [6.07, 6.45) is -2.58. The molecule has 1 aromatic heterocycles. The highest BCUT2D eigenvalue weighted by Crippen LogP contribution is 2.66. The number of hydrogen-bond donors (Lipinski definition) is 6. The number of aromatic amines is 1. The second kappa shape index (κ2) is 8.87. The van der Waals surface area contributed by atoms with E-state index in [-0.39, 0.29) is 5.56 Å². The van der Waals surface area contributed by atoms with E-state index >= 15 is 0 Å². The Hall–Kier alpha value is -0.990. The molecular formula is C11H19N2O14P3. The summed E-state index contributed by atoms with van der Waals surface area (Å²) in [5.74, 6) is -0.762. The van der Waals surface area contributed by atoms with Crippen LogP contribution >= 0.6 is 23.5 Å². The van der Waals surface area contributed by atoms with Crippen LogP contribution in [-0.4, -0.2) is 53.0 Å². The number of phosphoric acid groups is 3. The van der Waals surface area contributed by atoms with E-state index < -0.39 is 65.7 Å². The van der Waals surface area contributed by atoms with Gasteiger partial charge in [-0.15, -0.1) is 0 Å². The van der Waals surface area contributed by atoms with Crippen LogP contribution in [0.1, 0.15) is 18.7 Å². The first-order valence-corrected chi connectivity index (χ1v) is 12.5. The fraction of sp³-hybridized carbons (Fsp3) is 0.636. The Morgan fingerprint density at radius 2 is 1.73 bits per heavy atom. The standard InChI is InChI=1S/C11H19N2O14P3/c1-5-3-13(11(16)12-9(5)15)10-6(2)8(14)7(25-10)4-24-29(20,21)27-30(22,23)26-28(17,18)19/h3,6-8,10,14H,4H2,1-2H3,(H,20,21)(H,22,23)(H,12,15,16)(H2,17,18,19)/t6-,7+,8-,10+/m0/s1. The number of H-pyrrole nitrogens is 1. The average molecular weight is 496 g/mol. The van der Waals surface area contributed by atoms with Crippen LogP contribution in [0.15, 0.2) is 15.8 Å². The van der Waals surface area contributed by atoms with Crippen LogP contribution < -0.4 is 11.2 Å². The number of hydrogen-bond acceptors (Lipinski definition) is 10. The number of ether oxygens (including phenoxy) is 1. The quantitative estimate of drug-likeness (QED) is 0.239. The molecule has 0 bridgehead atoms. The maximum Gasteiger partial charge on any atom is 0.490 e. The van der Waals surface area contributed by atoms with E-state index in [9.17, 15) is 33.3 Å². The van der Waals surface area contributed by atoms with Crippen molar-refractivity contribution >= 4 is 23.5 Å². The van der Waals surface area contributed by atoms with E-state index in [0.29, 0.717) is 0 Å². The van der Waals surface area contributed by atoms with Crippen LogP contribution in [0, 0.1) is 12.8 Å². The summed E-state index contributed by atoms with van der Waals surface area (Å²) < 4.78 is 51.7. The Labute approximate surface area is 167 Å². The van der Waals surface area contributed by atoms with Gasteiger partial charge in [-0.25, -0.2) is 18.5 Å². The minimum atomic E-state index is -5.68. The average Bonchev–Trinajstić information content (AvgIpc) is 2.81. The Morgan fingerprint density at radius 1 is 1.13 bits per heavy atom. The van der Waals surface area contributed by atoms with Gasteiger partial charge in [-0.05, 0) is 6.92 Å². The van der Waals surface area contributed by atoms with E-state index in [1.54, 1.807) is 0 Å².